The molecule has 0 heterocycles. The van der Waals surface area contributed by atoms with Crippen molar-refractivity contribution in [2.24, 2.45) is 0 Å². The second-order valence-electron chi connectivity index (χ2n) is 3.21. The van der Waals surface area contributed by atoms with E-state index >= 15 is 0 Å². The molecule has 0 N–H and O–H groups in total. The predicted octanol–water partition coefficient (Wildman–Crippen LogP) is 2.59. The lowest BCUT2D eigenvalue weighted by molar-refractivity contribution is 0.0525. The molecule has 1 aromatic carbocycles. The van der Waals surface area contributed by atoms with Crippen molar-refractivity contribution < 1.29 is 9.53 Å². The Kier molecular flexibility index (Phi) is 4.39. The quantitative estimate of drug-likeness (QED) is 0.647. The second kappa shape index (κ2) is 5.57. The monoisotopic (exact) mass is 235 g/mol. The first-order valence-electron chi connectivity index (χ1n) is 5.07. The highest BCUT2D eigenvalue weighted by atomic mass is 32.1. The van der Waals surface area contributed by atoms with E-state index in [0.717, 1.165) is 5.56 Å². The van der Waals surface area contributed by atoms with Crippen molar-refractivity contribution in [2.75, 3.05) is 6.61 Å². The van der Waals surface area contributed by atoms with E-state index in [2.05, 4.69) is 12.6 Å². The van der Waals surface area contributed by atoms with Crippen molar-refractivity contribution in [3.8, 4) is 6.07 Å². The summed E-state index contributed by atoms with van der Waals surface area (Å²) < 4.78 is 4.94. The predicted molar refractivity (Wildman–Crippen MR) is 63.7 cm³/mol. The lowest BCUT2D eigenvalue weighted by Gasteiger charge is -2.09. The van der Waals surface area contributed by atoms with Gasteiger partial charge in [0.25, 0.3) is 0 Å². The molecule has 0 amide bonds. The lowest BCUT2D eigenvalue weighted by atomic mass is 10.0. The second-order valence-corrected chi connectivity index (χ2v) is 3.69. The van der Waals surface area contributed by atoms with E-state index in [4.69, 9.17) is 10.00 Å². The molecule has 0 saturated carbocycles. The van der Waals surface area contributed by atoms with E-state index in [1.807, 2.05) is 13.0 Å². The average molecular weight is 235 g/mol. The molecular formula is C12H13NO2S. The zero-order valence-electron chi connectivity index (χ0n) is 9.28. The molecule has 1 rings (SSSR count). The number of carbonyl (C=O) groups excluding carboxylic acids is 1. The summed E-state index contributed by atoms with van der Waals surface area (Å²) in [6.45, 7) is 4.02. The van der Waals surface area contributed by atoms with Crippen LogP contribution >= 0.6 is 12.6 Å². The Morgan fingerprint density at radius 3 is 2.69 bits per heavy atom. The van der Waals surface area contributed by atoms with Gasteiger partial charge in [0.2, 0.25) is 0 Å². The van der Waals surface area contributed by atoms with Crippen LogP contribution in [-0.2, 0) is 11.2 Å². The number of benzene rings is 1. The van der Waals surface area contributed by atoms with E-state index in [0.29, 0.717) is 29.1 Å². The normalized spacial score (nSPS) is 9.62. The fraction of sp³-hybridized carbons (Fsp3) is 0.333. The van der Waals surface area contributed by atoms with Crippen LogP contribution in [0.2, 0.25) is 0 Å². The number of nitrogens with zero attached hydrogens (tertiary/aromatic N) is 1. The summed E-state index contributed by atoms with van der Waals surface area (Å²) in [6.07, 6.45) is 0.677. The summed E-state index contributed by atoms with van der Waals surface area (Å²) in [5.74, 6) is -0.362. The van der Waals surface area contributed by atoms with Gasteiger partial charge in [0, 0.05) is 4.90 Å². The molecule has 4 heteroatoms. The first-order chi connectivity index (χ1) is 7.63. The third-order valence-electron chi connectivity index (χ3n) is 2.22. The maximum atomic E-state index is 11.6. The van der Waals surface area contributed by atoms with Crippen LogP contribution in [0.15, 0.2) is 17.0 Å². The highest BCUT2D eigenvalue weighted by molar-refractivity contribution is 7.80. The molecule has 84 valence electrons. The molecule has 0 bridgehead atoms. The molecule has 0 atom stereocenters. The Morgan fingerprint density at radius 1 is 1.50 bits per heavy atom. The van der Waals surface area contributed by atoms with Crippen molar-refractivity contribution in [1.29, 1.82) is 5.26 Å². The van der Waals surface area contributed by atoms with Gasteiger partial charge in [0.05, 0.1) is 17.7 Å². The van der Waals surface area contributed by atoms with Gasteiger partial charge >= 0.3 is 5.97 Å². The number of hydrogen-bond acceptors (Lipinski definition) is 4. The van der Waals surface area contributed by atoms with Crippen LogP contribution in [0.3, 0.4) is 0 Å². The van der Waals surface area contributed by atoms with E-state index in [9.17, 15) is 4.79 Å². The van der Waals surface area contributed by atoms with Gasteiger partial charge in [-0.2, -0.15) is 5.26 Å². The Balaban J connectivity index is 3.24. The molecule has 0 aromatic heterocycles. The zero-order valence-corrected chi connectivity index (χ0v) is 10.2. The number of ether oxygens (including phenoxy) is 1. The third-order valence-corrected chi connectivity index (χ3v) is 2.59. The van der Waals surface area contributed by atoms with Crippen molar-refractivity contribution >= 4 is 18.6 Å². The molecule has 0 spiro atoms. The number of carbonyl (C=O) groups is 1. The Labute approximate surface area is 100 Å². The first kappa shape index (κ1) is 12.6. The average Bonchev–Trinajstić information content (AvgIpc) is 2.29. The third kappa shape index (κ3) is 2.56. The summed E-state index contributed by atoms with van der Waals surface area (Å²) >= 11 is 4.17. The van der Waals surface area contributed by atoms with Gasteiger partial charge < -0.3 is 4.74 Å². The number of thiol groups is 1. The molecule has 0 radical (unpaired) electrons. The maximum absolute atomic E-state index is 11.6. The molecule has 0 saturated heterocycles. The molecule has 16 heavy (non-hydrogen) atoms. The summed E-state index contributed by atoms with van der Waals surface area (Å²) in [7, 11) is 0. The van der Waals surface area contributed by atoms with Gasteiger partial charge in [-0.05, 0) is 31.0 Å². The largest absolute Gasteiger partial charge is 0.462 e. The van der Waals surface area contributed by atoms with E-state index in [1.54, 1.807) is 19.1 Å². The molecule has 1 aromatic rings. The number of hydrogen-bond donors (Lipinski definition) is 1. The number of rotatable bonds is 3. The number of esters is 1. The summed E-state index contributed by atoms with van der Waals surface area (Å²) in [5, 5.41) is 8.86. The Hall–Kier alpha value is -1.47. The van der Waals surface area contributed by atoms with Crippen LogP contribution in [0.4, 0.5) is 0 Å². The zero-order chi connectivity index (χ0) is 12.1. The smallest absolute Gasteiger partial charge is 0.338 e. The standard InChI is InChI=1S/C12H13NO2S/c1-3-8-5-9(7-13)11(16)6-10(8)12(14)15-4-2/h5-6,16H,3-4H2,1-2H3. The van der Waals surface area contributed by atoms with Gasteiger partial charge in [0.15, 0.2) is 0 Å². The Morgan fingerprint density at radius 2 is 2.19 bits per heavy atom. The van der Waals surface area contributed by atoms with Gasteiger partial charge in [-0.15, -0.1) is 12.6 Å². The van der Waals surface area contributed by atoms with E-state index in [-0.39, 0.29) is 5.97 Å². The molecule has 0 aliphatic carbocycles. The SMILES string of the molecule is CCOC(=O)c1cc(S)c(C#N)cc1CC. The topological polar surface area (TPSA) is 50.1 Å². The van der Waals surface area contributed by atoms with E-state index < -0.39 is 0 Å². The lowest BCUT2D eigenvalue weighted by Crippen LogP contribution is -2.08. The molecule has 0 fully saturated rings. The molecule has 0 unspecified atom stereocenters. The summed E-state index contributed by atoms with van der Waals surface area (Å²) in [4.78, 5) is 12.1. The Bertz CT molecular complexity index is 449. The molecule has 3 nitrogen and oxygen atoms in total. The minimum Gasteiger partial charge on any atom is -0.462 e. The van der Waals surface area contributed by atoms with Crippen molar-refractivity contribution in [3.63, 3.8) is 0 Å². The maximum Gasteiger partial charge on any atom is 0.338 e. The van der Waals surface area contributed by atoms with Crippen LogP contribution in [0.1, 0.15) is 35.3 Å². The van der Waals surface area contributed by atoms with Gasteiger partial charge in [0.1, 0.15) is 6.07 Å². The first-order valence-corrected chi connectivity index (χ1v) is 5.51. The van der Waals surface area contributed by atoms with Crippen LogP contribution in [0.25, 0.3) is 0 Å². The van der Waals surface area contributed by atoms with Crippen molar-refractivity contribution in [2.45, 2.75) is 25.2 Å². The van der Waals surface area contributed by atoms with Gasteiger partial charge in [-0.1, -0.05) is 6.92 Å². The van der Waals surface area contributed by atoms with Crippen LogP contribution in [-0.4, -0.2) is 12.6 Å². The highest BCUT2D eigenvalue weighted by Gasteiger charge is 2.14. The fourth-order valence-electron chi connectivity index (χ4n) is 1.41. The van der Waals surface area contributed by atoms with Crippen molar-refractivity contribution in [3.05, 3.63) is 28.8 Å². The van der Waals surface area contributed by atoms with Crippen LogP contribution in [0.5, 0.6) is 0 Å². The van der Waals surface area contributed by atoms with Crippen LogP contribution < -0.4 is 0 Å². The van der Waals surface area contributed by atoms with Crippen LogP contribution in [0, 0.1) is 11.3 Å². The molecular weight excluding hydrogens is 222 g/mol. The minimum absolute atomic E-state index is 0.337. The molecule has 0 aliphatic rings. The van der Waals surface area contributed by atoms with Gasteiger partial charge in [-0.3, -0.25) is 0 Å². The number of nitriles is 1. The summed E-state index contributed by atoms with van der Waals surface area (Å²) in [6, 6.07) is 5.32. The fourth-order valence-corrected chi connectivity index (χ4v) is 1.66. The summed E-state index contributed by atoms with van der Waals surface area (Å²) in [5.41, 5.74) is 1.79. The van der Waals surface area contributed by atoms with Gasteiger partial charge in [-0.25, -0.2) is 4.79 Å². The minimum atomic E-state index is -0.362. The molecule has 0 aliphatic heterocycles. The number of aryl methyl sites for hydroxylation is 1. The van der Waals surface area contributed by atoms with Crippen molar-refractivity contribution in [1.82, 2.24) is 0 Å². The van der Waals surface area contributed by atoms with E-state index in [1.165, 1.54) is 0 Å². The highest BCUT2D eigenvalue weighted by Crippen LogP contribution is 2.21.